The van der Waals surface area contributed by atoms with Crippen molar-refractivity contribution in [3.05, 3.63) is 58.6 Å². The molecule has 4 rings (SSSR count). The molecule has 0 bridgehead atoms. The zero-order chi connectivity index (χ0) is 21.8. The topological polar surface area (TPSA) is 58.6 Å². The van der Waals surface area contributed by atoms with Crippen LogP contribution >= 0.6 is 11.6 Å². The molecule has 0 radical (unpaired) electrons. The van der Waals surface area contributed by atoms with Gasteiger partial charge < -0.3 is 15.0 Å². The highest BCUT2D eigenvalue weighted by Crippen LogP contribution is 2.37. The smallest absolute Gasteiger partial charge is 0.257 e. The molecule has 5 nitrogen and oxygen atoms in total. The third kappa shape index (κ3) is 5.04. The second kappa shape index (κ2) is 9.73. The molecule has 1 saturated carbocycles. The molecule has 2 fully saturated rings. The summed E-state index contributed by atoms with van der Waals surface area (Å²) in [7, 11) is 0. The summed E-state index contributed by atoms with van der Waals surface area (Å²) in [6.45, 7) is 3.98. The molecule has 164 valence electrons. The van der Waals surface area contributed by atoms with E-state index in [1.807, 2.05) is 11.8 Å². The molecular formula is C25H29ClN2O3. The Balaban J connectivity index is 1.49. The van der Waals surface area contributed by atoms with E-state index < -0.39 is 0 Å². The first kappa shape index (κ1) is 21.7. The van der Waals surface area contributed by atoms with Crippen LogP contribution in [-0.2, 0) is 0 Å². The van der Waals surface area contributed by atoms with Gasteiger partial charge in [0, 0.05) is 35.4 Å². The summed E-state index contributed by atoms with van der Waals surface area (Å²) in [5, 5.41) is 3.45. The molecular weight excluding hydrogens is 412 g/mol. The molecule has 0 unspecified atom stereocenters. The first-order chi connectivity index (χ1) is 15.0. The largest absolute Gasteiger partial charge is 0.493 e. The third-order valence-electron chi connectivity index (χ3n) is 6.45. The minimum atomic E-state index is -0.238. The van der Waals surface area contributed by atoms with Crippen LogP contribution in [0.3, 0.4) is 0 Å². The molecule has 31 heavy (non-hydrogen) atoms. The fourth-order valence-corrected chi connectivity index (χ4v) is 4.94. The van der Waals surface area contributed by atoms with Crippen molar-refractivity contribution in [2.75, 3.05) is 25.0 Å². The Labute approximate surface area is 188 Å². The predicted molar refractivity (Wildman–Crippen MR) is 123 cm³/mol. The number of carbonyl (C=O) groups is 2. The highest BCUT2D eigenvalue weighted by atomic mass is 35.5. The predicted octanol–water partition coefficient (Wildman–Crippen LogP) is 5.64. The zero-order valence-electron chi connectivity index (χ0n) is 17.9. The number of nitrogens with zero attached hydrogens (tertiary/aromatic N) is 1. The van der Waals surface area contributed by atoms with E-state index in [4.69, 9.17) is 16.3 Å². The van der Waals surface area contributed by atoms with Gasteiger partial charge in [0.1, 0.15) is 5.75 Å². The van der Waals surface area contributed by atoms with Crippen molar-refractivity contribution in [2.45, 2.75) is 39.0 Å². The van der Waals surface area contributed by atoms with Crippen LogP contribution in [0.5, 0.6) is 5.75 Å². The number of nitrogens with one attached hydrogen (secondary N) is 1. The lowest BCUT2D eigenvalue weighted by Gasteiger charge is -2.41. The van der Waals surface area contributed by atoms with Gasteiger partial charge >= 0.3 is 0 Å². The highest BCUT2D eigenvalue weighted by molar-refractivity contribution is 6.30. The van der Waals surface area contributed by atoms with E-state index in [0.29, 0.717) is 40.1 Å². The van der Waals surface area contributed by atoms with Gasteiger partial charge in [0.25, 0.3) is 11.8 Å². The van der Waals surface area contributed by atoms with Gasteiger partial charge in [-0.2, -0.15) is 0 Å². The van der Waals surface area contributed by atoms with E-state index in [2.05, 4.69) is 5.32 Å². The van der Waals surface area contributed by atoms with Crippen LogP contribution in [0, 0.1) is 11.8 Å². The summed E-state index contributed by atoms with van der Waals surface area (Å²) >= 11 is 5.90. The Bertz CT molecular complexity index is 944. The number of carbonyl (C=O) groups excluding carboxylic acids is 2. The van der Waals surface area contributed by atoms with E-state index in [1.165, 1.54) is 25.7 Å². The van der Waals surface area contributed by atoms with Gasteiger partial charge in [-0.25, -0.2) is 0 Å². The van der Waals surface area contributed by atoms with Crippen LogP contribution < -0.4 is 10.1 Å². The molecule has 6 heteroatoms. The van der Waals surface area contributed by atoms with E-state index in [-0.39, 0.29) is 11.8 Å². The van der Waals surface area contributed by atoms with Crippen molar-refractivity contribution in [2.24, 2.45) is 11.8 Å². The second-order valence-electron chi connectivity index (χ2n) is 8.45. The fraction of sp³-hybridized carbons (Fsp3) is 0.440. The number of anilines is 1. The molecule has 2 aromatic rings. The maximum atomic E-state index is 13.3. The van der Waals surface area contributed by atoms with Gasteiger partial charge in [-0.05, 0) is 68.0 Å². The Morgan fingerprint density at radius 1 is 1.06 bits per heavy atom. The van der Waals surface area contributed by atoms with E-state index in [0.717, 1.165) is 25.4 Å². The maximum absolute atomic E-state index is 13.3. The lowest BCUT2D eigenvalue weighted by Crippen LogP contribution is -2.44. The summed E-state index contributed by atoms with van der Waals surface area (Å²) in [4.78, 5) is 27.8. The molecule has 1 N–H and O–H groups in total. The molecule has 0 spiro atoms. The Morgan fingerprint density at radius 3 is 2.55 bits per heavy atom. The van der Waals surface area contributed by atoms with Gasteiger partial charge in [0.05, 0.1) is 12.2 Å². The average molecular weight is 441 g/mol. The average Bonchev–Trinajstić information content (AvgIpc) is 2.79. The summed E-state index contributed by atoms with van der Waals surface area (Å²) in [6, 6.07) is 12.0. The lowest BCUT2D eigenvalue weighted by molar-refractivity contribution is 0.0517. The molecule has 2 aromatic carbocycles. The van der Waals surface area contributed by atoms with Gasteiger partial charge in [0.15, 0.2) is 0 Å². The standard InChI is InChI=1S/C25H29ClN2O3/c1-2-31-23-15-21(27-24(29)18-7-9-20(26)10-8-18)11-12-22(23)25(30)28-14-13-17-5-3-4-6-19(17)16-28/h7-12,15,17,19H,2-6,13-14,16H2,1H3,(H,27,29)/t17-,19+/m1/s1. The summed E-state index contributed by atoms with van der Waals surface area (Å²) in [5.41, 5.74) is 1.66. The van der Waals surface area contributed by atoms with Gasteiger partial charge in [-0.3, -0.25) is 9.59 Å². The monoisotopic (exact) mass is 440 g/mol. The zero-order valence-corrected chi connectivity index (χ0v) is 18.7. The summed E-state index contributed by atoms with van der Waals surface area (Å²) < 4.78 is 5.78. The third-order valence-corrected chi connectivity index (χ3v) is 6.71. The Kier molecular flexibility index (Phi) is 6.81. The van der Waals surface area contributed by atoms with Crippen molar-refractivity contribution in [3.8, 4) is 5.75 Å². The molecule has 1 heterocycles. The van der Waals surface area contributed by atoms with Crippen molar-refractivity contribution in [1.82, 2.24) is 4.90 Å². The normalized spacial score (nSPS) is 20.6. The first-order valence-corrected chi connectivity index (χ1v) is 11.6. The SMILES string of the molecule is CCOc1cc(NC(=O)c2ccc(Cl)cc2)ccc1C(=O)N1CC[C@H]2CCCC[C@H]2C1. The van der Waals surface area contributed by atoms with Crippen molar-refractivity contribution in [3.63, 3.8) is 0 Å². The minimum Gasteiger partial charge on any atom is -0.493 e. The number of amides is 2. The molecule has 1 aliphatic carbocycles. The van der Waals surface area contributed by atoms with Crippen LogP contribution in [0.15, 0.2) is 42.5 Å². The number of ether oxygens (including phenoxy) is 1. The molecule has 2 atom stereocenters. The van der Waals surface area contributed by atoms with E-state index >= 15 is 0 Å². The minimum absolute atomic E-state index is 0.0167. The number of likely N-dealkylation sites (tertiary alicyclic amines) is 1. The van der Waals surface area contributed by atoms with E-state index in [9.17, 15) is 9.59 Å². The van der Waals surface area contributed by atoms with Gasteiger partial charge in [0.2, 0.25) is 0 Å². The number of hydrogen-bond donors (Lipinski definition) is 1. The van der Waals surface area contributed by atoms with Crippen molar-refractivity contribution in [1.29, 1.82) is 0 Å². The number of rotatable bonds is 5. The Morgan fingerprint density at radius 2 is 1.81 bits per heavy atom. The molecule has 1 saturated heterocycles. The lowest BCUT2D eigenvalue weighted by atomic mass is 9.75. The van der Waals surface area contributed by atoms with Crippen LogP contribution in [0.1, 0.15) is 59.7 Å². The van der Waals surface area contributed by atoms with Crippen LogP contribution in [0.2, 0.25) is 5.02 Å². The number of halogens is 1. The molecule has 2 amide bonds. The summed E-state index contributed by atoms with van der Waals surface area (Å²) in [5.74, 6) is 1.68. The molecule has 2 aliphatic rings. The van der Waals surface area contributed by atoms with E-state index in [1.54, 1.807) is 42.5 Å². The second-order valence-corrected chi connectivity index (χ2v) is 8.89. The first-order valence-electron chi connectivity index (χ1n) is 11.2. The number of hydrogen-bond acceptors (Lipinski definition) is 3. The number of piperidine rings is 1. The van der Waals surface area contributed by atoms with Crippen LogP contribution in [0.4, 0.5) is 5.69 Å². The van der Waals surface area contributed by atoms with Crippen LogP contribution in [0.25, 0.3) is 0 Å². The summed E-state index contributed by atoms with van der Waals surface area (Å²) in [6.07, 6.45) is 6.22. The van der Waals surface area contributed by atoms with Crippen molar-refractivity contribution < 1.29 is 14.3 Å². The fourth-order valence-electron chi connectivity index (χ4n) is 4.81. The van der Waals surface area contributed by atoms with Gasteiger partial charge in [-0.1, -0.05) is 30.9 Å². The Hall–Kier alpha value is -2.53. The number of fused-ring (bicyclic) bond motifs is 1. The van der Waals surface area contributed by atoms with Crippen LogP contribution in [-0.4, -0.2) is 36.4 Å². The molecule has 0 aromatic heterocycles. The quantitative estimate of drug-likeness (QED) is 0.654. The maximum Gasteiger partial charge on any atom is 0.257 e. The molecule has 1 aliphatic heterocycles. The van der Waals surface area contributed by atoms with Gasteiger partial charge in [-0.15, -0.1) is 0 Å². The highest BCUT2D eigenvalue weighted by Gasteiger charge is 2.34. The number of benzene rings is 2. The van der Waals surface area contributed by atoms with Crippen molar-refractivity contribution >= 4 is 29.1 Å².